The Kier molecular flexibility index (Phi) is 3.44. The van der Waals surface area contributed by atoms with E-state index in [-0.39, 0.29) is 5.15 Å². The summed E-state index contributed by atoms with van der Waals surface area (Å²) in [5.74, 6) is 1.15. The average Bonchev–Trinajstić information content (AvgIpc) is 2.38. The van der Waals surface area contributed by atoms with Gasteiger partial charge in [-0.05, 0) is 12.1 Å². The Balaban J connectivity index is 2.64. The Morgan fingerprint density at radius 3 is 2.53 bits per heavy atom. The third-order valence-corrected chi connectivity index (χ3v) is 2.60. The molecule has 0 aliphatic heterocycles. The summed E-state index contributed by atoms with van der Waals surface area (Å²) >= 11 is 5.96. The molecule has 2 aromatic rings. The van der Waals surface area contributed by atoms with Gasteiger partial charge in [0, 0.05) is 5.56 Å². The van der Waals surface area contributed by atoms with Gasteiger partial charge in [0.05, 0.1) is 14.2 Å². The van der Waals surface area contributed by atoms with E-state index in [1.807, 2.05) is 24.3 Å². The number of halogens is 1. The van der Waals surface area contributed by atoms with Crippen LogP contribution in [0.4, 0.5) is 0 Å². The molecule has 2 rings (SSSR count). The van der Waals surface area contributed by atoms with Crippen LogP contribution >= 0.6 is 11.6 Å². The lowest BCUT2D eigenvalue weighted by Gasteiger charge is -2.11. The molecule has 0 saturated carbocycles. The quantitative estimate of drug-likeness (QED) is 0.786. The first-order chi connectivity index (χ1) is 8.27. The first-order valence-electron chi connectivity index (χ1n) is 4.95. The van der Waals surface area contributed by atoms with Crippen LogP contribution in [-0.4, -0.2) is 24.2 Å². The molecule has 0 radical (unpaired) electrons. The Bertz CT molecular complexity index is 532. The molecule has 0 unspecified atom stereocenters. The molecule has 1 aromatic heterocycles. The molecule has 88 valence electrons. The Hall–Kier alpha value is -1.81. The first-order valence-corrected chi connectivity index (χ1v) is 5.33. The van der Waals surface area contributed by atoms with Crippen molar-refractivity contribution in [2.24, 2.45) is 0 Å². The van der Waals surface area contributed by atoms with Crippen molar-refractivity contribution in [3.63, 3.8) is 0 Å². The van der Waals surface area contributed by atoms with E-state index < -0.39 is 0 Å². The van der Waals surface area contributed by atoms with E-state index >= 15 is 0 Å². The molecule has 17 heavy (non-hydrogen) atoms. The molecule has 1 heterocycles. The van der Waals surface area contributed by atoms with Crippen LogP contribution in [0.15, 0.2) is 30.6 Å². The molecule has 5 heteroatoms. The topological polar surface area (TPSA) is 44.2 Å². The summed E-state index contributed by atoms with van der Waals surface area (Å²) in [4.78, 5) is 8.07. The van der Waals surface area contributed by atoms with Crippen molar-refractivity contribution < 1.29 is 9.47 Å². The molecule has 0 atom stereocenters. The molecule has 0 aliphatic carbocycles. The predicted molar refractivity (Wildman–Crippen MR) is 65.6 cm³/mol. The minimum Gasteiger partial charge on any atom is -0.496 e. The van der Waals surface area contributed by atoms with Crippen molar-refractivity contribution >= 4 is 11.6 Å². The normalized spacial score (nSPS) is 10.1. The van der Waals surface area contributed by atoms with Gasteiger partial charge in [0.2, 0.25) is 0 Å². The molecule has 1 aromatic carbocycles. The highest BCUT2D eigenvalue weighted by Gasteiger charge is 2.15. The second-order valence-corrected chi connectivity index (χ2v) is 3.60. The number of hydrogen-bond donors (Lipinski definition) is 0. The van der Waals surface area contributed by atoms with Crippen molar-refractivity contribution in [2.45, 2.75) is 0 Å². The van der Waals surface area contributed by atoms with Gasteiger partial charge in [-0.25, -0.2) is 9.97 Å². The van der Waals surface area contributed by atoms with Gasteiger partial charge in [0.15, 0.2) is 10.9 Å². The smallest absolute Gasteiger partial charge is 0.182 e. The maximum absolute atomic E-state index is 5.96. The van der Waals surface area contributed by atoms with E-state index in [1.54, 1.807) is 7.11 Å². The zero-order valence-corrected chi connectivity index (χ0v) is 10.2. The van der Waals surface area contributed by atoms with Crippen LogP contribution in [0.2, 0.25) is 5.15 Å². The number of methoxy groups -OCH3 is 2. The summed E-state index contributed by atoms with van der Waals surface area (Å²) in [5.41, 5.74) is 1.43. The molecule has 4 nitrogen and oxygen atoms in total. The van der Waals surface area contributed by atoms with Crippen molar-refractivity contribution in [3.05, 3.63) is 35.7 Å². The summed E-state index contributed by atoms with van der Waals surface area (Å²) in [6.07, 6.45) is 1.40. The average molecular weight is 251 g/mol. The summed E-state index contributed by atoms with van der Waals surface area (Å²) in [6.45, 7) is 0. The second-order valence-electron chi connectivity index (χ2n) is 3.25. The molecule has 0 fully saturated rings. The standard InChI is InChI=1S/C12H11ClN2O2/c1-16-9-6-4-3-5-8(9)10-11(17-2)12(13)15-7-14-10/h3-7H,1-2H3. The van der Waals surface area contributed by atoms with E-state index in [0.717, 1.165) is 5.56 Å². The monoisotopic (exact) mass is 250 g/mol. The van der Waals surface area contributed by atoms with Crippen molar-refractivity contribution in [2.75, 3.05) is 14.2 Å². The van der Waals surface area contributed by atoms with Gasteiger partial charge in [-0.15, -0.1) is 0 Å². The SMILES string of the molecule is COc1ccccc1-c1ncnc(Cl)c1OC. The first kappa shape index (κ1) is 11.7. The molecular formula is C12H11ClN2O2. The lowest BCUT2D eigenvalue weighted by atomic mass is 10.1. The fraction of sp³-hybridized carbons (Fsp3) is 0.167. The number of aromatic nitrogens is 2. The number of rotatable bonds is 3. The molecule has 0 spiro atoms. The van der Waals surface area contributed by atoms with Gasteiger partial charge in [-0.2, -0.15) is 0 Å². The number of ether oxygens (including phenoxy) is 2. The number of hydrogen-bond acceptors (Lipinski definition) is 4. The summed E-state index contributed by atoms with van der Waals surface area (Å²) in [5, 5.41) is 0.281. The summed E-state index contributed by atoms with van der Waals surface area (Å²) in [6, 6.07) is 7.52. The van der Waals surface area contributed by atoms with Crippen LogP contribution in [0.5, 0.6) is 11.5 Å². The lowest BCUT2D eigenvalue weighted by Crippen LogP contribution is -1.96. The maximum atomic E-state index is 5.96. The minimum absolute atomic E-state index is 0.281. The predicted octanol–water partition coefficient (Wildman–Crippen LogP) is 2.81. The fourth-order valence-electron chi connectivity index (χ4n) is 1.57. The maximum Gasteiger partial charge on any atom is 0.182 e. The third-order valence-electron chi connectivity index (χ3n) is 2.33. The minimum atomic E-state index is 0.281. The van der Waals surface area contributed by atoms with Crippen LogP contribution in [0.25, 0.3) is 11.3 Å². The lowest BCUT2D eigenvalue weighted by molar-refractivity contribution is 0.407. The highest BCUT2D eigenvalue weighted by molar-refractivity contribution is 6.31. The number of nitrogens with zero attached hydrogens (tertiary/aromatic N) is 2. The molecule has 0 bridgehead atoms. The highest BCUT2D eigenvalue weighted by Crippen LogP contribution is 2.37. The fourth-order valence-corrected chi connectivity index (χ4v) is 1.78. The van der Waals surface area contributed by atoms with Gasteiger partial charge >= 0.3 is 0 Å². The summed E-state index contributed by atoms with van der Waals surface area (Å²) in [7, 11) is 3.14. The zero-order valence-electron chi connectivity index (χ0n) is 9.48. The molecule has 0 saturated heterocycles. The van der Waals surface area contributed by atoms with Crippen molar-refractivity contribution in [3.8, 4) is 22.8 Å². The molecular weight excluding hydrogens is 240 g/mol. The van der Waals surface area contributed by atoms with E-state index in [9.17, 15) is 0 Å². The molecule has 0 N–H and O–H groups in total. The third kappa shape index (κ3) is 2.17. The van der Waals surface area contributed by atoms with Crippen molar-refractivity contribution in [1.82, 2.24) is 9.97 Å². The van der Waals surface area contributed by atoms with Crippen LogP contribution in [-0.2, 0) is 0 Å². The Labute approximate surface area is 104 Å². The van der Waals surface area contributed by atoms with Crippen LogP contribution in [0.3, 0.4) is 0 Å². The number of benzene rings is 1. The van der Waals surface area contributed by atoms with Gasteiger partial charge in [0.25, 0.3) is 0 Å². The van der Waals surface area contributed by atoms with Crippen LogP contribution in [0.1, 0.15) is 0 Å². The second kappa shape index (κ2) is 5.01. The zero-order chi connectivity index (χ0) is 12.3. The Morgan fingerprint density at radius 1 is 1.06 bits per heavy atom. The van der Waals surface area contributed by atoms with E-state index in [4.69, 9.17) is 21.1 Å². The number of para-hydroxylation sites is 1. The Morgan fingerprint density at radius 2 is 1.82 bits per heavy atom. The van der Waals surface area contributed by atoms with E-state index in [1.165, 1.54) is 13.4 Å². The van der Waals surface area contributed by atoms with Gasteiger partial charge in [-0.1, -0.05) is 23.7 Å². The van der Waals surface area contributed by atoms with Crippen molar-refractivity contribution in [1.29, 1.82) is 0 Å². The van der Waals surface area contributed by atoms with Gasteiger partial charge in [0.1, 0.15) is 17.8 Å². The van der Waals surface area contributed by atoms with E-state index in [0.29, 0.717) is 17.2 Å². The van der Waals surface area contributed by atoms with Crippen LogP contribution < -0.4 is 9.47 Å². The van der Waals surface area contributed by atoms with Gasteiger partial charge in [-0.3, -0.25) is 0 Å². The highest BCUT2D eigenvalue weighted by atomic mass is 35.5. The molecule has 0 amide bonds. The van der Waals surface area contributed by atoms with Gasteiger partial charge < -0.3 is 9.47 Å². The largest absolute Gasteiger partial charge is 0.496 e. The van der Waals surface area contributed by atoms with E-state index in [2.05, 4.69) is 9.97 Å². The summed E-state index contributed by atoms with van der Waals surface area (Å²) < 4.78 is 10.5. The molecule has 0 aliphatic rings. The van der Waals surface area contributed by atoms with Crippen LogP contribution in [0, 0.1) is 0 Å².